The molecule has 2 rings (SSSR count). The number of amides is 2. The lowest BCUT2D eigenvalue weighted by atomic mass is 9.99. The minimum atomic E-state index is -1.25. The van der Waals surface area contributed by atoms with Gasteiger partial charge in [-0.1, -0.05) is 60.7 Å². The minimum Gasteiger partial charge on any atom is -0.467 e. The van der Waals surface area contributed by atoms with Crippen molar-refractivity contribution in [3.63, 3.8) is 0 Å². The molecule has 0 aliphatic rings. The number of alkyl carbamates (subject to hydrolysis) is 2. The molecule has 0 bridgehead atoms. The van der Waals surface area contributed by atoms with Crippen molar-refractivity contribution in [2.75, 3.05) is 7.11 Å². The Labute approximate surface area is 181 Å². The summed E-state index contributed by atoms with van der Waals surface area (Å²) < 4.78 is 15.4. The summed E-state index contributed by atoms with van der Waals surface area (Å²) in [7, 11) is 1.20. The topological polar surface area (TPSA) is 103 Å². The Morgan fingerprint density at radius 2 is 1.45 bits per heavy atom. The number of hydrogen-bond acceptors (Lipinski definition) is 6. The fourth-order valence-corrected chi connectivity index (χ4v) is 2.75. The van der Waals surface area contributed by atoms with Crippen molar-refractivity contribution in [1.82, 2.24) is 10.6 Å². The molecule has 0 saturated heterocycles. The summed E-state index contributed by atoms with van der Waals surface area (Å²) in [5, 5.41) is 5.15. The van der Waals surface area contributed by atoms with Gasteiger partial charge in [-0.25, -0.2) is 14.4 Å². The quantitative estimate of drug-likeness (QED) is 0.515. The Morgan fingerprint density at radius 1 is 0.871 bits per heavy atom. The second-order valence-electron chi connectivity index (χ2n) is 7.74. The maximum Gasteiger partial charge on any atom is 0.408 e. The van der Waals surface area contributed by atoms with Crippen molar-refractivity contribution in [3.05, 3.63) is 71.8 Å². The zero-order chi connectivity index (χ0) is 22.9. The van der Waals surface area contributed by atoms with Gasteiger partial charge in [-0.2, -0.15) is 0 Å². The number of methoxy groups -OCH3 is 1. The van der Waals surface area contributed by atoms with E-state index < -0.39 is 35.8 Å². The summed E-state index contributed by atoms with van der Waals surface area (Å²) in [6.07, 6.45) is -1.57. The lowest BCUT2D eigenvalue weighted by molar-refractivity contribution is -0.143. The average molecular weight is 428 g/mol. The lowest BCUT2D eigenvalue weighted by Gasteiger charge is -2.28. The van der Waals surface area contributed by atoms with Crippen LogP contribution in [0.15, 0.2) is 60.7 Å². The first-order valence-electron chi connectivity index (χ1n) is 9.79. The third-order valence-electron chi connectivity index (χ3n) is 4.11. The van der Waals surface area contributed by atoms with E-state index in [2.05, 4.69) is 10.6 Å². The Balaban J connectivity index is 2.20. The third-order valence-corrected chi connectivity index (χ3v) is 4.11. The van der Waals surface area contributed by atoms with Crippen LogP contribution < -0.4 is 10.6 Å². The van der Waals surface area contributed by atoms with Gasteiger partial charge in [-0.15, -0.1) is 0 Å². The Morgan fingerprint density at radius 3 is 2.00 bits per heavy atom. The highest BCUT2D eigenvalue weighted by molar-refractivity contribution is 5.83. The monoisotopic (exact) mass is 428 g/mol. The minimum absolute atomic E-state index is 0.0239. The molecule has 0 fully saturated rings. The van der Waals surface area contributed by atoms with Gasteiger partial charge in [0.15, 0.2) is 6.04 Å². The van der Waals surface area contributed by atoms with E-state index in [-0.39, 0.29) is 6.61 Å². The maximum atomic E-state index is 12.5. The van der Waals surface area contributed by atoms with Crippen molar-refractivity contribution in [2.45, 2.75) is 45.1 Å². The highest BCUT2D eigenvalue weighted by Crippen LogP contribution is 2.20. The van der Waals surface area contributed by atoms with Gasteiger partial charge in [0.05, 0.1) is 13.2 Å². The molecule has 166 valence electrons. The van der Waals surface area contributed by atoms with Crippen LogP contribution in [0.4, 0.5) is 9.59 Å². The second-order valence-corrected chi connectivity index (χ2v) is 7.74. The van der Waals surface area contributed by atoms with Crippen LogP contribution >= 0.6 is 0 Å². The molecule has 2 N–H and O–H groups in total. The number of benzene rings is 2. The van der Waals surface area contributed by atoms with E-state index in [0.717, 1.165) is 5.56 Å². The summed E-state index contributed by atoms with van der Waals surface area (Å²) >= 11 is 0. The fraction of sp³-hybridized carbons (Fsp3) is 0.348. The van der Waals surface area contributed by atoms with Crippen molar-refractivity contribution in [3.8, 4) is 0 Å². The molecule has 31 heavy (non-hydrogen) atoms. The molecule has 0 heterocycles. The van der Waals surface area contributed by atoms with Gasteiger partial charge in [0.1, 0.15) is 12.2 Å². The number of esters is 1. The summed E-state index contributed by atoms with van der Waals surface area (Å²) in [6.45, 7) is 5.19. The molecule has 2 aromatic rings. The maximum absolute atomic E-state index is 12.5. The molecule has 2 amide bonds. The van der Waals surface area contributed by atoms with E-state index in [4.69, 9.17) is 14.2 Å². The van der Waals surface area contributed by atoms with Crippen LogP contribution in [0, 0.1) is 0 Å². The number of carbonyl (C=O) groups is 3. The number of ether oxygens (including phenoxy) is 3. The predicted octanol–water partition coefficient (Wildman–Crippen LogP) is 3.72. The Hall–Kier alpha value is -3.55. The molecule has 0 aromatic heterocycles. The van der Waals surface area contributed by atoms with Gasteiger partial charge in [-0.3, -0.25) is 0 Å². The molecule has 8 nitrogen and oxygen atoms in total. The summed E-state index contributed by atoms with van der Waals surface area (Å²) in [5.74, 6) is -0.749. The van der Waals surface area contributed by atoms with Crippen LogP contribution in [0.5, 0.6) is 0 Å². The summed E-state index contributed by atoms with van der Waals surface area (Å²) in [5.41, 5.74) is 0.625. The van der Waals surface area contributed by atoms with Crippen molar-refractivity contribution in [1.29, 1.82) is 0 Å². The summed E-state index contributed by atoms with van der Waals surface area (Å²) in [6, 6.07) is 15.6. The highest BCUT2D eigenvalue weighted by atomic mass is 16.6. The van der Waals surface area contributed by atoms with Crippen molar-refractivity contribution < 1.29 is 28.6 Å². The molecular formula is C23H28N2O6. The zero-order valence-corrected chi connectivity index (χ0v) is 18.1. The smallest absolute Gasteiger partial charge is 0.408 e. The molecule has 2 aromatic carbocycles. The van der Waals surface area contributed by atoms with E-state index >= 15 is 0 Å². The SMILES string of the molecule is COC(=O)[C@H](NC(=O)OCc1ccccc1)[C@@H](NC(=O)OC(C)(C)C)c1ccccc1. The molecular weight excluding hydrogens is 400 g/mol. The number of hydrogen-bond donors (Lipinski definition) is 2. The van der Waals surface area contributed by atoms with Crippen LogP contribution in [0.25, 0.3) is 0 Å². The zero-order valence-electron chi connectivity index (χ0n) is 18.1. The molecule has 0 aliphatic heterocycles. The van der Waals surface area contributed by atoms with Gasteiger partial charge in [0, 0.05) is 0 Å². The van der Waals surface area contributed by atoms with Crippen LogP contribution in [-0.4, -0.2) is 36.9 Å². The molecule has 0 unspecified atom stereocenters. The lowest BCUT2D eigenvalue weighted by Crippen LogP contribution is -2.51. The fourth-order valence-electron chi connectivity index (χ4n) is 2.75. The van der Waals surface area contributed by atoms with E-state index in [0.29, 0.717) is 5.56 Å². The highest BCUT2D eigenvalue weighted by Gasteiger charge is 2.35. The van der Waals surface area contributed by atoms with Gasteiger partial charge < -0.3 is 24.8 Å². The Kier molecular flexibility index (Phi) is 8.43. The van der Waals surface area contributed by atoms with Gasteiger partial charge >= 0.3 is 18.2 Å². The van der Waals surface area contributed by atoms with Gasteiger partial charge in [0.25, 0.3) is 0 Å². The summed E-state index contributed by atoms with van der Waals surface area (Å²) in [4.78, 5) is 37.4. The molecule has 0 spiro atoms. The predicted molar refractivity (Wildman–Crippen MR) is 114 cm³/mol. The number of nitrogens with one attached hydrogen (secondary N) is 2. The Bertz CT molecular complexity index is 865. The van der Waals surface area contributed by atoms with Gasteiger partial charge in [0.2, 0.25) is 0 Å². The van der Waals surface area contributed by atoms with Crippen LogP contribution in [0.1, 0.15) is 37.9 Å². The normalized spacial score (nSPS) is 12.8. The average Bonchev–Trinajstić information content (AvgIpc) is 2.74. The molecule has 2 atom stereocenters. The first-order chi connectivity index (χ1) is 14.7. The van der Waals surface area contributed by atoms with Crippen molar-refractivity contribution in [2.24, 2.45) is 0 Å². The first-order valence-corrected chi connectivity index (χ1v) is 9.79. The second kappa shape index (κ2) is 11.0. The molecule has 8 heteroatoms. The first kappa shape index (κ1) is 23.7. The van der Waals surface area contributed by atoms with Crippen molar-refractivity contribution >= 4 is 18.2 Å². The third kappa shape index (κ3) is 8.00. The van der Waals surface area contributed by atoms with Gasteiger partial charge in [-0.05, 0) is 31.9 Å². The molecule has 0 saturated carbocycles. The molecule has 0 aliphatic carbocycles. The largest absolute Gasteiger partial charge is 0.467 e. The standard InChI is InChI=1S/C23H28N2O6/c1-23(2,3)31-22(28)24-18(17-13-9-6-10-14-17)19(20(26)29-4)25-21(27)30-15-16-11-7-5-8-12-16/h5-14,18-19H,15H2,1-4H3,(H,24,28)(H,25,27)/t18-,19+/m0/s1. The van der Waals surface area contributed by atoms with Crippen LogP contribution in [0.3, 0.4) is 0 Å². The molecule has 0 radical (unpaired) electrons. The van der Waals surface area contributed by atoms with E-state index in [9.17, 15) is 14.4 Å². The van der Waals surface area contributed by atoms with E-state index in [1.54, 1.807) is 51.1 Å². The van der Waals surface area contributed by atoms with E-state index in [1.807, 2.05) is 30.3 Å². The number of rotatable bonds is 7. The van der Waals surface area contributed by atoms with Crippen LogP contribution in [-0.2, 0) is 25.6 Å². The van der Waals surface area contributed by atoms with Crippen LogP contribution in [0.2, 0.25) is 0 Å². The van der Waals surface area contributed by atoms with E-state index in [1.165, 1.54) is 7.11 Å². The number of carbonyl (C=O) groups excluding carboxylic acids is 3.